The standard InChI is InChI=1S/C25H24N4O2/c1-29(2)13-7-12-20-21(16-9-4-6-11-19(16)27-20)23-22(24(30)28-25(23)31)17-14-26-18-10-5-3-8-15(17)18/h3-6,8-11,14,26-27H,7,12-13H2,1-2H3,(H,28,30,31). The van der Waals surface area contributed by atoms with Crippen LogP contribution in [0, 0.1) is 0 Å². The average molecular weight is 412 g/mol. The minimum atomic E-state index is -0.353. The Morgan fingerprint density at radius 3 is 2.29 bits per heavy atom. The largest absolute Gasteiger partial charge is 0.361 e. The number of hydrogen-bond acceptors (Lipinski definition) is 3. The number of amides is 2. The number of hydrogen-bond donors (Lipinski definition) is 3. The molecule has 156 valence electrons. The third-order valence-corrected chi connectivity index (χ3v) is 5.86. The van der Waals surface area contributed by atoms with Crippen LogP contribution in [0.15, 0.2) is 54.7 Å². The zero-order valence-corrected chi connectivity index (χ0v) is 17.6. The molecule has 0 spiro atoms. The van der Waals surface area contributed by atoms with Crippen molar-refractivity contribution in [3.63, 3.8) is 0 Å². The number of benzene rings is 2. The Bertz CT molecular complexity index is 1360. The van der Waals surface area contributed by atoms with E-state index in [2.05, 4.69) is 20.2 Å². The van der Waals surface area contributed by atoms with Gasteiger partial charge in [-0.1, -0.05) is 36.4 Å². The first kappa shape index (κ1) is 19.3. The quantitative estimate of drug-likeness (QED) is 0.422. The second-order valence-corrected chi connectivity index (χ2v) is 8.21. The van der Waals surface area contributed by atoms with Crippen molar-refractivity contribution in [3.8, 4) is 0 Å². The van der Waals surface area contributed by atoms with Crippen LogP contribution in [0.25, 0.3) is 33.0 Å². The van der Waals surface area contributed by atoms with Crippen LogP contribution in [0.5, 0.6) is 0 Å². The molecule has 3 heterocycles. The second-order valence-electron chi connectivity index (χ2n) is 8.21. The number of imide groups is 1. The summed E-state index contributed by atoms with van der Waals surface area (Å²) < 4.78 is 0. The molecule has 0 bridgehead atoms. The smallest absolute Gasteiger partial charge is 0.259 e. The van der Waals surface area contributed by atoms with Crippen molar-refractivity contribution in [2.45, 2.75) is 12.8 Å². The first-order valence-electron chi connectivity index (χ1n) is 10.5. The molecule has 6 heteroatoms. The van der Waals surface area contributed by atoms with Crippen molar-refractivity contribution >= 4 is 44.8 Å². The first-order chi connectivity index (χ1) is 15.0. The highest BCUT2D eigenvalue weighted by Gasteiger charge is 2.35. The number of nitrogens with one attached hydrogen (secondary N) is 3. The number of H-pyrrole nitrogens is 2. The predicted octanol–water partition coefficient (Wildman–Crippen LogP) is 3.71. The summed E-state index contributed by atoms with van der Waals surface area (Å²) in [4.78, 5) is 34.9. The first-order valence-corrected chi connectivity index (χ1v) is 10.5. The van der Waals surface area contributed by atoms with E-state index < -0.39 is 0 Å². The Balaban J connectivity index is 1.75. The van der Waals surface area contributed by atoms with Crippen molar-refractivity contribution in [2.24, 2.45) is 0 Å². The Morgan fingerprint density at radius 1 is 0.839 bits per heavy atom. The maximum absolute atomic E-state index is 13.1. The summed E-state index contributed by atoms with van der Waals surface area (Å²) in [5.41, 5.74) is 5.35. The van der Waals surface area contributed by atoms with Gasteiger partial charge in [-0.15, -0.1) is 0 Å². The van der Waals surface area contributed by atoms with E-state index in [0.29, 0.717) is 11.1 Å². The van der Waals surface area contributed by atoms with Crippen LogP contribution in [0.2, 0.25) is 0 Å². The van der Waals surface area contributed by atoms with E-state index in [0.717, 1.165) is 58.0 Å². The van der Waals surface area contributed by atoms with Crippen LogP contribution < -0.4 is 5.32 Å². The molecule has 0 saturated heterocycles. The maximum Gasteiger partial charge on any atom is 0.259 e. The fourth-order valence-electron chi connectivity index (χ4n) is 4.47. The van der Waals surface area contributed by atoms with Crippen LogP contribution in [-0.2, 0) is 16.0 Å². The Labute approximate surface area is 179 Å². The summed E-state index contributed by atoms with van der Waals surface area (Å²) in [6.07, 6.45) is 3.55. The second kappa shape index (κ2) is 7.56. The van der Waals surface area contributed by atoms with E-state index in [1.807, 2.05) is 68.8 Å². The lowest BCUT2D eigenvalue weighted by Gasteiger charge is -2.10. The van der Waals surface area contributed by atoms with E-state index in [1.165, 1.54) is 0 Å². The number of aromatic amines is 2. The molecule has 0 fully saturated rings. The number of aromatic nitrogens is 2. The van der Waals surface area contributed by atoms with E-state index in [4.69, 9.17) is 0 Å². The molecule has 0 unspecified atom stereocenters. The molecule has 6 nitrogen and oxygen atoms in total. The van der Waals surface area contributed by atoms with Crippen molar-refractivity contribution < 1.29 is 9.59 Å². The lowest BCUT2D eigenvalue weighted by Crippen LogP contribution is -2.23. The third kappa shape index (κ3) is 3.25. The van der Waals surface area contributed by atoms with Crippen molar-refractivity contribution in [1.29, 1.82) is 0 Å². The summed E-state index contributed by atoms with van der Waals surface area (Å²) in [5.74, 6) is -0.696. The van der Waals surface area contributed by atoms with Gasteiger partial charge < -0.3 is 14.9 Å². The molecule has 1 aliphatic heterocycles. The van der Waals surface area contributed by atoms with Gasteiger partial charge >= 0.3 is 0 Å². The summed E-state index contributed by atoms with van der Waals surface area (Å²) in [7, 11) is 4.10. The normalized spacial score (nSPS) is 14.4. The zero-order valence-electron chi connectivity index (χ0n) is 17.6. The predicted molar refractivity (Wildman–Crippen MR) is 123 cm³/mol. The van der Waals surface area contributed by atoms with Gasteiger partial charge in [-0.2, -0.15) is 0 Å². The molecule has 2 aromatic carbocycles. The molecular weight excluding hydrogens is 388 g/mol. The molecule has 0 saturated carbocycles. The molecule has 2 aromatic heterocycles. The minimum Gasteiger partial charge on any atom is -0.361 e. The Hall–Kier alpha value is -3.64. The number of rotatable bonds is 6. The highest BCUT2D eigenvalue weighted by atomic mass is 16.2. The van der Waals surface area contributed by atoms with Gasteiger partial charge in [0.05, 0.1) is 11.1 Å². The van der Waals surface area contributed by atoms with Crippen molar-refractivity contribution in [3.05, 3.63) is 71.5 Å². The molecular formula is C25H24N4O2. The monoisotopic (exact) mass is 412 g/mol. The van der Waals surface area contributed by atoms with Gasteiger partial charge in [-0.05, 0) is 45.6 Å². The van der Waals surface area contributed by atoms with Gasteiger partial charge in [0.2, 0.25) is 0 Å². The van der Waals surface area contributed by atoms with E-state index >= 15 is 0 Å². The van der Waals surface area contributed by atoms with Gasteiger partial charge in [0.1, 0.15) is 0 Å². The van der Waals surface area contributed by atoms with E-state index in [9.17, 15) is 9.59 Å². The van der Waals surface area contributed by atoms with E-state index in [-0.39, 0.29) is 11.8 Å². The lowest BCUT2D eigenvalue weighted by molar-refractivity contribution is -0.122. The van der Waals surface area contributed by atoms with E-state index in [1.54, 1.807) is 0 Å². The molecule has 31 heavy (non-hydrogen) atoms. The number of nitrogens with zero attached hydrogens (tertiary/aromatic N) is 1. The SMILES string of the molecule is CN(C)CCCc1[nH]c2ccccc2c1C1=C(c2c[nH]c3ccccc23)C(=O)NC1=O. The molecule has 3 N–H and O–H groups in total. The molecule has 5 rings (SSSR count). The maximum atomic E-state index is 13.1. The fourth-order valence-corrected chi connectivity index (χ4v) is 4.47. The van der Waals surface area contributed by atoms with Crippen LogP contribution in [-0.4, -0.2) is 47.3 Å². The number of fused-ring (bicyclic) bond motifs is 2. The zero-order chi connectivity index (χ0) is 21.5. The van der Waals surface area contributed by atoms with Crippen LogP contribution in [0.1, 0.15) is 23.2 Å². The van der Waals surface area contributed by atoms with Gasteiger partial charge in [0.15, 0.2) is 0 Å². The molecule has 0 aliphatic carbocycles. The molecule has 0 atom stereocenters. The summed E-state index contributed by atoms with van der Waals surface area (Å²) in [6.45, 7) is 0.939. The topological polar surface area (TPSA) is 81.0 Å². The Morgan fingerprint density at radius 2 is 1.52 bits per heavy atom. The van der Waals surface area contributed by atoms with Crippen LogP contribution in [0.4, 0.5) is 0 Å². The average Bonchev–Trinajstić information content (AvgIpc) is 3.40. The molecule has 2 amide bonds. The number of carbonyl (C=O) groups is 2. The number of aryl methyl sites for hydroxylation is 1. The highest BCUT2D eigenvalue weighted by molar-refractivity contribution is 6.51. The Kier molecular flexibility index (Phi) is 4.71. The summed E-state index contributed by atoms with van der Waals surface area (Å²) >= 11 is 0. The lowest BCUT2D eigenvalue weighted by atomic mass is 9.93. The molecule has 0 radical (unpaired) electrons. The highest BCUT2D eigenvalue weighted by Crippen LogP contribution is 2.39. The number of para-hydroxylation sites is 2. The minimum absolute atomic E-state index is 0.344. The number of carbonyl (C=O) groups excluding carboxylic acids is 2. The molecule has 4 aromatic rings. The van der Waals surface area contributed by atoms with Gasteiger partial charge in [0.25, 0.3) is 11.8 Å². The van der Waals surface area contributed by atoms with Crippen LogP contribution in [0.3, 0.4) is 0 Å². The molecule has 1 aliphatic rings. The van der Waals surface area contributed by atoms with Gasteiger partial charge in [-0.25, -0.2) is 0 Å². The third-order valence-electron chi connectivity index (χ3n) is 5.86. The van der Waals surface area contributed by atoms with Crippen LogP contribution >= 0.6 is 0 Å². The summed E-state index contributed by atoms with van der Waals surface area (Å²) in [5, 5.41) is 4.42. The van der Waals surface area contributed by atoms with Crippen molar-refractivity contribution in [1.82, 2.24) is 20.2 Å². The fraction of sp³-hybridized carbons (Fsp3) is 0.200. The van der Waals surface area contributed by atoms with Gasteiger partial charge in [-0.3, -0.25) is 14.9 Å². The van der Waals surface area contributed by atoms with Gasteiger partial charge in [0, 0.05) is 44.8 Å². The van der Waals surface area contributed by atoms with Crippen molar-refractivity contribution in [2.75, 3.05) is 20.6 Å². The summed E-state index contributed by atoms with van der Waals surface area (Å²) in [6, 6.07) is 15.8.